The zero-order valence-electron chi connectivity index (χ0n) is 6.40. The lowest BCUT2D eigenvalue weighted by Gasteiger charge is -2.13. The third-order valence-corrected chi connectivity index (χ3v) is 3.27. The van der Waals surface area contributed by atoms with Gasteiger partial charge in [-0.3, -0.25) is 0 Å². The monoisotopic (exact) mass is 214 g/mol. The van der Waals surface area contributed by atoms with E-state index in [2.05, 4.69) is 0 Å². The first-order chi connectivity index (χ1) is 6.00. The van der Waals surface area contributed by atoms with Gasteiger partial charge in [0, 0.05) is 12.5 Å². The second-order valence-electron chi connectivity index (χ2n) is 2.94. The van der Waals surface area contributed by atoms with Crippen molar-refractivity contribution in [1.82, 2.24) is 0 Å². The van der Waals surface area contributed by atoms with Gasteiger partial charge < -0.3 is 4.74 Å². The van der Waals surface area contributed by atoms with E-state index in [1.165, 1.54) is 0 Å². The topological polar surface area (TPSA) is 9.23 Å². The van der Waals surface area contributed by atoms with Crippen molar-refractivity contribution in [2.45, 2.75) is 18.0 Å². The van der Waals surface area contributed by atoms with Crippen LogP contribution in [0.1, 0.15) is 6.42 Å². The lowest BCUT2D eigenvalue weighted by Crippen LogP contribution is -2.20. The number of rotatable bonds is 0. The summed E-state index contributed by atoms with van der Waals surface area (Å²) in [7, 11) is 0. The highest BCUT2D eigenvalue weighted by Gasteiger charge is 2.51. The molecule has 2 unspecified atom stereocenters. The maximum Gasteiger partial charge on any atom is 0.416 e. The first kappa shape index (κ1) is 9.33. The van der Waals surface area contributed by atoms with Crippen molar-refractivity contribution in [2.75, 3.05) is 6.61 Å². The van der Waals surface area contributed by atoms with Crippen LogP contribution in [-0.2, 0) is 4.74 Å². The Hall–Kier alpha value is -0.230. The Morgan fingerprint density at radius 3 is 2.69 bits per heavy atom. The number of fused-ring (bicyclic) bond motifs is 1. The second kappa shape index (κ2) is 2.88. The first-order valence-electron chi connectivity index (χ1n) is 3.75. The summed E-state index contributed by atoms with van der Waals surface area (Å²) < 4.78 is 54.6. The highest BCUT2D eigenvalue weighted by atomic mass is 32.2. The van der Waals surface area contributed by atoms with Crippen molar-refractivity contribution in [2.24, 2.45) is 5.92 Å². The predicted molar refractivity (Wildman–Crippen MR) is 39.6 cm³/mol. The Morgan fingerprint density at radius 2 is 2.08 bits per heavy atom. The fraction of sp³-hybridized carbons (Fsp3) is 0.714. The zero-order chi connectivity index (χ0) is 9.64. The third-order valence-electron chi connectivity index (χ3n) is 2.15. The molecule has 0 aromatic rings. The van der Waals surface area contributed by atoms with Crippen molar-refractivity contribution in [3.63, 3.8) is 0 Å². The van der Waals surface area contributed by atoms with Gasteiger partial charge in [-0.25, -0.2) is 0 Å². The number of hydrogen-bond donors (Lipinski definition) is 0. The summed E-state index contributed by atoms with van der Waals surface area (Å²) in [5, 5.41) is -1.12. The fourth-order valence-electron chi connectivity index (χ4n) is 1.59. The molecule has 0 aromatic heterocycles. The van der Waals surface area contributed by atoms with E-state index in [1.54, 1.807) is 0 Å². The molecule has 1 nitrogen and oxygen atoms in total. The largest absolute Gasteiger partial charge is 0.416 e. The van der Waals surface area contributed by atoms with E-state index >= 15 is 0 Å². The lowest BCUT2D eigenvalue weighted by atomic mass is 9.99. The molecule has 2 aliphatic heterocycles. The summed E-state index contributed by atoms with van der Waals surface area (Å²) in [6, 6.07) is 0. The quantitative estimate of drug-likeness (QED) is 0.573. The van der Waals surface area contributed by atoms with Gasteiger partial charge in [0.2, 0.25) is 0 Å². The van der Waals surface area contributed by atoms with Crippen LogP contribution in [0.3, 0.4) is 0 Å². The standard InChI is InChI=1S/C7H6F4OS/c8-5-4(7(9,10)11)3-1-2-12-6(3)13-5/h3,6H,1-2H2. The van der Waals surface area contributed by atoms with Gasteiger partial charge in [-0.2, -0.15) is 17.6 Å². The number of halogens is 4. The van der Waals surface area contributed by atoms with Crippen LogP contribution in [0.25, 0.3) is 0 Å². The zero-order valence-corrected chi connectivity index (χ0v) is 7.21. The average Bonchev–Trinajstić information content (AvgIpc) is 2.41. The molecule has 0 aliphatic carbocycles. The van der Waals surface area contributed by atoms with Gasteiger partial charge >= 0.3 is 6.18 Å². The molecule has 2 aliphatic rings. The minimum atomic E-state index is -4.55. The molecule has 0 spiro atoms. The van der Waals surface area contributed by atoms with E-state index in [-0.39, 0.29) is 13.0 Å². The Bertz CT molecular complexity index is 260. The highest BCUT2D eigenvalue weighted by molar-refractivity contribution is 8.03. The molecular weight excluding hydrogens is 208 g/mol. The number of ether oxygens (including phenoxy) is 1. The molecular formula is C7H6F4OS. The van der Waals surface area contributed by atoms with Crippen LogP contribution in [0, 0.1) is 5.92 Å². The molecule has 1 saturated heterocycles. The van der Waals surface area contributed by atoms with Crippen LogP contribution in [0.15, 0.2) is 10.7 Å². The van der Waals surface area contributed by atoms with Gasteiger partial charge in [0.15, 0.2) is 5.16 Å². The summed E-state index contributed by atoms with van der Waals surface area (Å²) in [6.07, 6.45) is -4.29. The highest BCUT2D eigenvalue weighted by Crippen LogP contribution is 2.53. The van der Waals surface area contributed by atoms with Gasteiger partial charge in [-0.15, -0.1) is 0 Å². The molecule has 0 saturated carbocycles. The minimum absolute atomic E-state index is 0.264. The summed E-state index contributed by atoms with van der Waals surface area (Å²) in [5.74, 6) is -0.801. The molecule has 0 bridgehead atoms. The minimum Gasteiger partial charge on any atom is -0.366 e. The Labute approximate surface area is 76.1 Å². The molecule has 74 valence electrons. The van der Waals surface area contributed by atoms with E-state index in [4.69, 9.17) is 4.74 Å². The van der Waals surface area contributed by atoms with Crippen LogP contribution in [-0.4, -0.2) is 18.2 Å². The molecule has 2 atom stereocenters. The lowest BCUT2D eigenvalue weighted by molar-refractivity contribution is -0.100. The Balaban J connectivity index is 2.29. The summed E-state index contributed by atoms with van der Waals surface area (Å²) in [6.45, 7) is 0.287. The van der Waals surface area contributed by atoms with E-state index in [1.807, 2.05) is 0 Å². The van der Waals surface area contributed by atoms with E-state index in [0.717, 1.165) is 0 Å². The smallest absolute Gasteiger partial charge is 0.366 e. The maximum atomic E-state index is 12.8. The van der Waals surface area contributed by atoms with Crippen LogP contribution >= 0.6 is 11.8 Å². The predicted octanol–water partition coefficient (Wildman–Crippen LogP) is 2.84. The van der Waals surface area contributed by atoms with Crippen LogP contribution in [0.5, 0.6) is 0 Å². The second-order valence-corrected chi connectivity index (χ2v) is 4.00. The third kappa shape index (κ3) is 1.46. The number of hydrogen-bond acceptors (Lipinski definition) is 2. The summed E-state index contributed by atoms with van der Waals surface area (Å²) >= 11 is 0.542. The molecule has 0 N–H and O–H groups in total. The maximum absolute atomic E-state index is 12.8. The Morgan fingerprint density at radius 1 is 1.38 bits per heavy atom. The normalized spacial score (nSPS) is 34.2. The van der Waals surface area contributed by atoms with Gasteiger partial charge in [-0.05, 0) is 6.42 Å². The van der Waals surface area contributed by atoms with Crippen molar-refractivity contribution in [1.29, 1.82) is 0 Å². The molecule has 2 rings (SSSR count). The molecule has 0 aromatic carbocycles. The number of thioether (sulfide) groups is 1. The van der Waals surface area contributed by atoms with Crippen LogP contribution in [0.2, 0.25) is 0 Å². The van der Waals surface area contributed by atoms with Crippen molar-refractivity contribution in [3.05, 3.63) is 10.7 Å². The molecule has 13 heavy (non-hydrogen) atoms. The first-order valence-corrected chi connectivity index (χ1v) is 4.63. The fourth-order valence-corrected chi connectivity index (χ4v) is 2.79. The molecule has 2 heterocycles. The van der Waals surface area contributed by atoms with E-state index in [0.29, 0.717) is 11.8 Å². The van der Waals surface area contributed by atoms with Gasteiger partial charge in [0.25, 0.3) is 0 Å². The van der Waals surface area contributed by atoms with Crippen molar-refractivity contribution >= 4 is 11.8 Å². The van der Waals surface area contributed by atoms with Crippen molar-refractivity contribution in [3.8, 4) is 0 Å². The number of alkyl halides is 3. The van der Waals surface area contributed by atoms with E-state index < -0.39 is 28.3 Å². The summed E-state index contributed by atoms with van der Waals surface area (Å²) in [5.41, 5.74) is -1.68. The average molecular weight is 214 g/mol. The van der Waals surface area contributed by atoms with Gasteiger partial charge in [0.1, 0.15) is 5.44 Å². The van der Waals surface area contributed by atoms with Gasteiger partial charge in [0.05, 0.1) is 5.57 Å². The molecule has 0 radical (unpaired) electrons. The van der Waals surface area contributed by atoms with Crippen LogP contribution in [0.4, 0.5) is 17.6 Å². The van der Waals surface area contributed by atoms with E-state index in [9.17, 15) is 17.6 Å². The molecule has 1 fully saturated rings. The molecule has 6 heteroatoms. The van der Waals surface area contributed by atoms with Crippen molar-refractivity contribution < 1.29 is 22.3 Å². The SMILES string of the molecule is FC1=C(C(F)(F)F)C2CCOC2S1. The van der Waals surface area contributed by atoms with Crippen LogP contribution < -0.4 is 0 Å². The molecule has 0 amide bonds. The Kier molecular flexibility index (Phi) is 2.07. The van der Waals surface area contributed by atoms with Gasteiger partial charge in [-0.1, -0.05) is 11.8 Å². The summed E-state index contributed by atoms with van der Waals surface area (Å²) in [4.78, 5) is 0.